The first kappa shape index (κ1) is 15.3. The number of nitrogen functional groups attached to an aromatic ring is 1. The van der Waals surface area contributed by atoms with Crippen molar-refractivity contribution in [2.24, 2.45) is 5.92 Å². The summed E-state index contributed by atoms with van der Waals surface area (Å²) in [5.74, 6) is 0.294. The van der Waals surface area contributed by atoms with E-state index in [2.05, 4.69) is 28.2 Å². The summed E-state index contributed by atoms with van der Waals surface area (Å²) >= 11 is 3.34. The Morgan fingerprint density at radius 2 is 2.35 bits per heavy atom. The zero-order chi connectivity index (χ0) is 14.8. The number of aliphatic hydroxyl groups is 1. The fourth-order valence-corrected chi connectivity index (χ4v) is 3.35. The lowest BCUT2D eigenvalue weighted by molar-refractivity contribution is 0.0698. The van der Waals surface area contributed by atoms with Crippen molar-refractivity contribution in [1.82, 2.24) is 5.32 Å². The second-order valence-corrected chi connectivity index (χ2v) is 6.74. The number of nitrogens with two attached hydrogens (primary N) is 1. The number of anilines is 1. The first-order valence-corrected chi connectivity index (χ1v) is 7.73. The molecule has 0 saturated heterocycles. The minimum atomic E-state index is -0.510. The molecule has 0 bridgehead atoms. The Hall–Kier alpha value is -1.07. The van der Waals surface area contributed by atoms with Crippen LogP contribution in [0.25, 0.3) is 0 Å². The number of benzene rings is 1. The van der Waals surface area contributed by atoms with Crippen LogP contribution < -0.4 is 11.1 Å². The predicted molar refractivity (Wildman–Crippen MR) is 83.5 cm³/mol. The number of rotatable bonds is 3. The fourth-order valence-electron chi connectivity index (χ4n) is 2.99. The molecule has 2 rings (SSSR count). The quantitative estimate of drug-likeness (QED) is 0.740. The van der Waals surface area contributed by atoms with Crippen LogP contribution in [0.3, 0.4) is 0 Å². The molecule has 2 atom stereocenters. The van der Waals surface area contributed by atoms with E-state index in [9.17, 15) is 9.90 Å². The number of hydrogen-bond donors (Lipinski definition) is 3. The van der Waals surface area contributed by atoms with Crippen LogP contribution in [-0.2, 0) is 0 Å². The van der Waals surface area contributed by atoms with Crippen molar-refractivity contribution in [3.8, 4) is 0 Å². The van der Waals surface area contributed by atoms with Gasteiger partial charge in [0.15, 0.2) is 0 Å². The summed E-state index contributed by atoms with van der Waals surface area (Å²) in [5.41, 5.74) is 6.25. The molecule has 2 unspecified atom stereocenters. The second-order valence-electron chi connectivity index (χ2n) is 5.83. The number of nitrogens with one attached hydrogen (secondary N) is 1. The Morgan fingerprint density at radius 1 is 1.60 bits per heavy atom. The Balaban J connectivity index is 2.19. The molecule has 1 aliphatic rings. The summed E-state index contributed by atoms with van der Waals surface area (Å²) in [5, 5.41) is 12.7. The van der Waals surface area contributed by atoms with Gasteiger partial charge in [0, 0.05) is 10.2 Å². The van der Waals surface area contributed by atoms with Crippen LogP contribution in [0.2, 0.25) is 0 Å². The molecule has 0 radical (unpaired) electrons. The number of hydrogen-bond acceptors (Lipinski definition) is 3. The molecular formula is C15H21BrN2O2. The molecule has 0 spiro atoms. The number of halogens is 1. The van der Waals surface area contributed by atoms with E-state index < -0.39 is 5.54 Å². The molecule has 1 amide bonds. The largest absolute Gasteiger partial charge is 0.398 e. The molecular weight excluding hydrogens is 320 g/mol. The van der Waals surface area contributed by atoms with Gasteiger partial charge < -0.3 is 16.2 Å². The highest BCUT2D eigenvalue weighted by Crippen LogP contribution is 2.32. The van der Waals surface area contributed by atoms with Gasteiger partial charge in [0.25, 0.3) is 5.91 Å². The highest BCUT2D eigenvalue weighted by molar-refractivity contribution is 9.10. The lowest BCUT2D eigenvalue weighted by Gasteiger charge is -2.39. The third-order valence-electron chi connectivity index (χ3n) is 4.03. The molecule has 4 N–H and O–H groups in total. The van der Waals surface area contributed by atoms with Gasteiger partial charge in [0.1, 0.15) is 0 Å². The van der Waals surface area contributed by atoms with Crippen molar-refractivity contribution in [1.29, 1.82) is 0 Å². The Kier molecular flexibility index (Phi) is 4.70. The van der Waals surface area contributed by atoms with Gasteiger partial charge in [-0.25, -0.2) is 0 Å². The maximum absolute atomic E-state index is 12.4. The van der Waals surface area contributed by atoms with Gasteiger partial charge in [-0.3, -0.25) is 4.79 Å². The number of amides is 1. The van der Waals surface area contributed by atoms with Gasteiger partial charge in [-0.15, -0.1) is 0 Å². The van der Waals surface area contributed by atoms with Crippen LogP contribution >= 0.6 is 15.9 Å². The molecule has 1 aromatic rings. The van der Waals surface area contributed by atoms with Gasteiger partial charge >= 0.3 is 0 Å². The summed E-state index contributed by atoms with van der Waals surface area (Å²) in [6.07, 6.45) is 3.79. The average molecular weight is 341 g/mol. The first-order valence-electron chi connectivity index (χ1n) is 6.94. The second kappa shape index (κ2) is 6.14. The highest BCUT2D eigenvalue weighted by Gasteiger charge is 2.36. The topological polar surface area (TPSA) is 75.3 Å². The monoisotopic (exact) mass is 340 g/mol. The van der Waals surface area contributed by atoms with Crippen LogP contribution in [0.15, 0.2) is 22.7 Å². The van der Waals surface area contributed by atoms with E-state index in [1.807, 2.05) is 0 Å². The van der Waals surface area contributed by atoms with Crippen molar-refractivity contribution in [3.63, 3.8) is 0 Å². The summed E-state index contributed by atoms with van der Waals surface area (Å²) in [7, 11) is 0. The van der Waals surface area contributed by atoms with Gasteiger partial charge in [0.2, 0.25) is 0 Å². The van der Waals surface area contributed by atoms with E-state index in [0.29, 0.717) is 17.2 Å². The zero-order valence-corrected chi connectivity index (χ0v) is 13.2. The van der Waals surface area contributed by atoms with E-state index in [-0.39, 0.29) is 12.5 Å². The Bertz CT molecular complexity index is 507. The van der Waals surface area contributed by atoms with Crippen molar-refractivity contribution in [2.75, 3.05) is 12.3 Å². The standard InChI is InChI=1S/C15H21BrN2O2/c1-10-3-2-6-15(8-10,9-19)18-14(20)12-7-11(16)4-5-13(12)17/h4-5,7,10,19H,2-3,6,8-9,17H2,1H3,(H,18,20). The van der Waals surface area contributed by atoms with E-state index in [0.717, 1.165) is 30.2 Å². The molecule has 4 nitrogen and oxygen atoms in total. The lowest BCUT2D eigenvalue weighted by Crippen LogP contribution is -2.53. The number of carbonyl (C=O) groups excluding carboxylic acids is 1. The highest BCUT2D eigenvalue weighted by atomic mass is 79.9. The molecule has 110 valence electrons. The van der Waals surface area contributed by atoms with Gasteiger partial charge in [-0.2, -0.15) is 0 Å². The van der Waals surface area contributed by atoms with Crippen LogP contribution in [0.5, 0.6) is 0 Å². The third-order valence-corrected chi connectivity index (χ3v) is 4.53. The molecule has 0 heterocycles. The smallest absolute Gasteiger partial charge is 0.253 e. The van der Waals surface area contributed by atoms with Gasteiger partial charge in [-0.1, -0.05) is 35.7 Å². The first-order chi connectivity index (χ1) is 9.46. The van der Waals surface area contributed by atoms with Crippen molar-refractivity contribution >= 4 is 27.5 Å². The molecule has 0 aliphatic heterocycles. The average Bonchev–Trinajstić information content (AvgIpc) is 2.41. The molecule has 5 heteroatoms. The van der Waals surface area contributed by atoms with Crippen molar-refractivity contribution in [3.05, 3.63) is 28.2 Å². The lowest BCUT2D eigenvalue weighted by atomic mass is 9.76. The molecule has 1 fully saturated rings. The van der Waals surface area contributed by atoms with Crippen LogP contribution in [0.4, 0.5) is 5.69 Å². The molecule has 0 aromatic heterocycles. The van der Waals surface area contributed by atoms with Crippen LogP contribution in [0, 0.1) is 5.92 Å². The Labute approximate surface area is 127 Å². The normalized spacial score (nSPS) is 26.2. The summed E-state index contributed by atoms with van der Waals surface area (Å²) in [4.78, 5) is 12.4. The van der Waals surface area contributed by atoms with Crippen LogP contribution in [-0.4, -0.2) is 23.2 Å². The molecule has 1 saturated carbocycles. The van der Waals surface area contributed by atoms with Gasteiger partial charge in [-0.05, 0) is 37.0 Å². The Morgan fingerprint density at radius 3 is 3.00 bits per heavy atom. The van der Waals surface area contributed by atoms with E-state index in [1.54, 1.807) is 18.2 Å². The summed E-state index contributed by atoms with van der Waals surface area (Å²) in [6.45, 7) is 2.13. The summed E-state index contributed by atoms with van der Waals surface area (Å²) in [6, 6.07) is 5.21. The van der Waals surface area contributed by atoms with E-state index >= 15 is 0 Å². The third kappa shape index (κ3) is 3.33. The number of carbonyl (C=O) groups is 1. The zero-order valence-electron chi connectivity index (χ0n) is 11.7. The molecule has 20 heavy (non-hydrogen) atoms. The summed E-state index contributed by atoms with van der Waals surface area (Å²) < 4.78 is 0.812. The van der Waals surface area contributed by atoms with E-state index in [4.69, 9.17) is 5.73 Å². The van der Waals surface area contributed by atoms with Crippen molar-refractivity contribution < 1.29 is 9.90 Å². The van der Waals surface area contributed by atoms with Gasteiger partial charge in [0.05, 0.1) is 17.7 Å². The minimum absolute atomic E-state index is 0.0308. The van der Waals surface area contributed by atoms with Crippen molar-refractivity contribution in [2.45, 2.75) is 38.1 Å². The fraction of sp³-hybridized carbons (Fsp3) is 0.533. The maximum Gasteiger partial charge on any atom is 0.253 e. The minimum Gasteiger partial charge on any atom is -0.398 e. The maximum atomic E-state index is 12.4. The molecule has 1 aromatic carbocycles. The SMILES string of the molecule is CC1CCCC(CO)(NC(=O)c2cc(Br)ccc2N)C1. The predicted octanol–water partition coefficient (Wildman–Crippen LogP) is 2.70. The van der Waals surface area contributed by atoms with E-state index in [1.165, 1.54) is 0 Å². The molecule has 1 aliphatic carbocycles. The van der Waals surface area contributed by atoms with Crippen LogP contribution in [0.1, 0.15) is 43.0 Å². The number of aliphatic hydroxyl groups excluding tert-OH is 1.